The van der Waals surface area contributed by atoms with E-state index in [0.29, 0.717) is 0 Å². The van der Waals surface area contributed by atoms with Gasteiger partial charge in [-0.1, -0.05) is 18.2 Å². The van der Waals surface area contributed by atoms with E-state index in [9.17, 15) is 14.9 Å². The minimum Gasteiger partial charge on any atom is -0.291 e. The van der Waals surface area contributed by atoms with E-state index < -0.39 is 4.92 Å². The zero-order valence-corrected chi connectivity index (χ0v) is 13.0. The van der Waals surface area contributed by atoms with Gasteiger partial charge in [0, 0.05) is 24.4 Å². The number of amides is 1. The lowest BCUT2D eigenvalue weighted by Gasteiger charge is -2.29. The molecule has 0 saturated carbocycles. The minimum atomic E-state index is -0.406. The maximum absolute atomic E-state index is 12.9. The third-order valence-electron chi connectivity index (χ3n) is 4.81. The maximum Gasteiger partial charge on any atom is 0.269 e. The van der Waals surface area contributed by atoms with Crippen LogP contribution in [-0.2, 0) is 4.79 Å². The summed E-state index contributed by atoms with van der Waals surface area (Å²) in [5.74, 6) is 0.113. The Morgan fingerprint density at radius 1 is 1.04 bits per heavy atom. The molecule has 0 N–H and O–H groups in total. The lowest BCUT2D eigenvalue weighted by atomic mass is 10.1. The molecule has 2 aromatic rings. The molecule has 0 aliphatic carbocycles. The van der Waals surface area contributed by atoms with Gasteiger partial charge >= 0.3 is 0 Å². The molecule has 2 aromatic carbocycles. The summed E-state index contributed by atoms with van der Waals surface area (Å²) in [5.41, 5.74) is 1.83. The number of non-ortho nitro benzene ring substituents is 1. The Balaban J connectivity index is 1.77. The highest BCUT2D eigenvalue weighted by Crippen LogP contribution is 2.42. The number of nitro groups is 1. The highest BCUT2D eigenvalue weighted by molar-refractivity contribution is 6.00. The Morgan fingerprint density at radius 2 is 1.75 bits per heavy atom. The summed E-state index contributed by atoms with van der Waals surface area (Å²) in [6, 6.07) is 16.0. The van der Waals surface area contributed by atoms with E-state index >= 15 is 0 Å². The Morgan fingerprint density at radius 3 is 2.42 bits per heavy atom. The van der Waals surface area contributed by atoms with Crippen LogP contribution in [0, 0.1) is 10.1 Å². The average molecular weight is 323 g/mol. The number of anilines is 1. The van der Waals surface area contributed by atoms with E-state index in [4.69, 9.17) is 0 Å². The summed E-state index contributed by atoms with van der Waals surface area (Å²) in [4.78, 5) is 27.4. The molecule has 122 valence electrons. The van der Waals surface area contributed by atoms with Gasteiger partial charge in [-0.15, -0.1) is 0 Å². The third-order valence-corrected chi connectivity index (χ3v) is 4.81. The van der Waals surface area contributed by atoms with Crippen molar-refractivity contribution in [3.63, 3.8) is 0 Å². The van der Waals surface area contributed by atoms with Crippen LogP contribution in [-0.4, -0.2) is 28.3 Å². The first kappa shape index (κ1) is 14.8. The van der Waals surface area contributed by atoms with Crippen molar-refractivity contribution in [2.45, 2.75) is 25.0 Å². The van der Waals surface area contributed by atoms with Crippen molar-refractivity contribution in [2.24, 2.45) is 0 Å². The summed E-state index contributed by atoms with van der Waals surface area (Å²) < 4.78 is 0. The highest BCUT2D eigenvalue weighted by atomic mass is 16.6. The number of hydrogen-bond acceptors (Lipinski definition) is 4. The van der Waals surface area contributed by atoms with Gasteiger partial charge in [-0.2, -0.15) is 0 Å². The first-order valence-corrected chi connectivity index (χ1v) is 8.05. The zero-order valence-electron chi connectivity index (χ0n) is 13.0. The van der Waals surface area contributed by atoms with Crippen molar-refractivity contribution < 1.29 is 9.72 Å². The lowest BCUT2D eigenvalue weighted by molar-refractivity contribution is -0.384. The van der Waals surface area contributed by atoms with Crippen LogP contribution in [0.3, 0.4) is 0 Å². The number of fused-ring (bicyclic) bond motifs is 1. The smallest absolute Gasteiger partial charge is 0.269 e. The molecule has 24 heavy (non-hydrogen) atoms. The summed E-state index contributed by atoms with van der Waals surface area (Å²) in [5, 5.41) is 10.9. The Kier molecular flexibility index (Phi) is 3.54. The van der Waals surface area contributed by atoms with Crippen LogP contribution in [0.5, 0.6) is 0 Å². The molecule has 0 spiro atoms. The minimum absolute atomic E-state index is 0.0623. The molecule has 0 radical (unpaired) electrons. The standard InChI is InChI=1S/C18H17N3O3/c22-18-16-7-4-12-19(16)17(20(18)14-5-2-1-3-6-14)13-8-10-15(11-9-13)21(23)24/h1-3,5-6,8-11,16-17H,4,7,12H2/t16-,17+/m0/s1. The Bertz CT molecular complexity index is 776. The second kappa shape index (κ2) is 5.72. The molecular weight excluding hydrogens is 306 g/mol. The fourth-order valence-electron chi connectivity index (χ4n) is 3.74. The van der Waals surface area contributed by atoms with E-state index in [1.807, 2.05) is 35.2 Å². The summed E-state index contributed by atoms with van der Waals surface area (Å²) in [6.45, 7) is 0.862. The van der Waals surface area contributed by atoms with Gasteiger partial charge in [-0.3, -0.25) is 24.7 Å². The molecule has 0 bridgehead atoms. The van der Waals surface area contributed by atoms with Crippen molar-refractivity contribution >= 4 is 17.3 Å². The molecule has 1 amide bonds. The summed E-state index contributed by atoms with van der Waals surface area (Å²) >= 11 is 0. The first-order valence-electron chi connectivity index (χ1n) is 8.05. The average Bonchev–Trinajstić information content (AvgIpc) is 3.18. The SMILES string of the molecule is O=C1[C@@H]2CCCN2[C@@H](c2ccc([N+](=O)[O-])cc2)N1c1ccccc1. The van der Waals surface area contributed by atoms with Crippen molar-refractivity contribution in [2.75, 3.05) is 11.4 Å². The van der Waals surface area contributed by atoms with Gasteiger partial charge in [0.05, 0.1) is 11.0 Å². The molecule has 2 aliphatic rings. The number of hydrogen-bond donors (Lipinski definition) is 0. The molecule has 2 aliphatic heterocycles. The molecule has 6 heteroatoms. The molecule has 0 unspecified atom stereocenters. The van der Waals surface area contributed by atoms with E-state index in [0.717, 1.165) is 30.6 Å². The largest absolute Gasteiger partial charge is 0.291 e. The van der Waals surface area contributed by atoms with Gasteiger partial charge in [0.2, 0.25) is 5.91 Å². The van der Waals surface area contributed by atoms with Crippen LogP contribution in [0.2, 0.25) is 0 Å². The lowest BCUT2D eigenvalue weighted by Crippen LogP contribution is -2.32. The van der Waals surface area contributed by atoms with Gasteiger partial charge in [0.1, 0.15) is 6.17 Å². The molecular formula is C18H17N3O3. The fraction of sp³-hybridized carbons (Fsp3) is 0.278. The van der Waals surface area contributed by atoms with Crippen molar-refractivity contribution in [3.8, 4) is 0 Å². The van der Waals surface area contributed by atoms with Crippen molar-refractivity contribution in [1.29, 1.82) is 0 Å². The van der Waals surface area contributed by atoms with E-state index in [1.165, 1.54) is 12.1 Å². The van der Waals surface area contributed by atoms with Gasteiger partial charge in [-0.25, -0.2) is 0 Å². The summed E-state index contributed by atoms with van der Waals surface area (Å²) in [6.07, 6.45) is 1.67. The third kappa shape index (κ3) is 2.27. The van der Waals surface area contributed by atoms with E-state index in [-0.39, 0.29) is 23.8 Å². The van der Waals surface area contributed by atoms with Crippen LogP contribution in [0.1, 0.15) is 24.6 Å². The monoisotopic (exact) mass is 323 g/mol. The summed E-state index contributed by atoms with van der Waals surface area (Å²) in [7, 11) is 0. The van der Waals surface area contributed by atoms with Crippen molar-refractivity contribution in [1.82, 2.24) is 4.90 Å². The maximum atomic E-state index is 12.9. The van der Waals surface area contributed by atoms with Gasteiger partial charge in [0.25, 0.3) is 5.69 Å². The number of nitro benzene ring substituents is 1. The molecule has 6 nitrogen and oxygen atoms in total. The van der Waals surface area contributed by atoms with Gasteiger partial charge in [-0.05, 0) is 42.7 Å². The predicted molar refractivity (Wildman–Crippen MR) is 89.5 cm³/mol. The number of rotatable bonds is 3. The molecule has 0 aromatic heterocycles. The van der Waals surface area contributed by atoms with Gasteiger partial charge < -0.3 is 0 Å². The Labute approximate surface area is 139 Å². The number of benzene rings is 2. The topological polar surface area (TPSA) is 66.7 Å². The van der Waals surface area contributed by atoms with E-state index in [1.54, 1.807) is 12.1 Å². The molecule has 2 saturated heterocycles. The number of nitrogens with zero attached hydrogens (tertiary/aromatic N) is 3. The highest BCUT2D eigenvalue weighted by Gasteiger charge is 2.49. The predicted octanol–water partition coefficient (Wildman–Crippen LogP) is 3.10. The Hall–Kier alpha value is -2.73. The second-order valence-corrected chi connectivity index (χ2v) is 6.16. The number of para-hydroxylation sites is 1. The second-order valence-electron chi connectivity index (χ2n) is 6.16. The van der Waals surface area contributed by atoms with Crippen LogP contribution >= 0.6 is 0 Å². The fourth-order valence-corrected chi connectivity index (χ4v) is 3.74. The van der Waals surface area contributed by atoms with Crippen LogP contribution in [0.4, 0.5) is 11.4 Å². The number of carbonyl (C=O) groups excluding carboxylic acids is 1. The normalized spacial score (nSPS) is 23.5. The van der Waals surface area contributed by atoms with Crippen molar-refractivity contribution in [3.05, 3.63) is 70.3 Å². The van der Waals surface area contributed by atoms with Crippen LogP contribution in [0.25, 0.3) is 0 Å². The quantitative estimate of drug-likeness (QED) is 0.643. The molecule has 2 fully saturated rings. The van der Waals surface area contributed by atoms with Crippen LogP contribution in [0.15, 0.2) is 54.6 Å². The molecule has 2 atom stereocenters. The first-order chi connectivity index (χ1) is 11.7. The van der Waals surface area contributed by atoms with E-state index in [2.05, 4.69) is 4.90 Å². The zero-order chi connectivity index (χ0) is 16.7. The number of carbonyl (C=O) groups is 1. The van der Waals surface area contributed by atoms with Crippen LogP contribution < -0.4 is 4.90 Å². The molecule has 4 rings (SSSR count). The molecule has 2 heterocycles. The van der Waals surface area contributed by atoms with Gasteiger partial charge in [0.15, 0.2) is 0 Å².